The molecule has 0 N–H and O–H groups in total. The van der Waals surface area contributed by atoms with E-state index in [4.69, 9.17) is 4.74 Å². The first-order valence-electron chi connectivity index (χ1n) is 7.92. The standard InChI is InChI=1S/C17H26N2O/c1-15(16-5-3-2-4-6-16)7-8-18-13-17(14-18)19-9-11-20-12-10-19/h2-6,15,17H,7-14H2,1H3. The quantitative estimate of drug-likeness (QED) is 0.818. The Kier molecular flexibility index (Phi) is 4.71. The Hall–Kier alpha value is -0.900. The van der Waals surface area contributed by atoms with Crippen LogP contribution >= 0.6 is 0 Å². The Balaban J connectivity index is 1.36. The molecule has 0 radical (unpaired) electrons. The fourth-order valence-electron chi connectivity index (χ4n) is 3.22. The van der Waals surface area contributed by atoms with Crippen molar-refractivity contribution in [2.75, 3.05) is 45.9 Å². The molecule has 0 bridgehead atoms. The van der Waals surface area contributed by atoms with Crippen molar-refractivity contribution in [2.24, 2.45) is 0 Å². The summed E-state index contributed by atoms with van der Waals surface area (Å²) in [5, 5.41) is 0. The molecule has 2 saturated heterocycles. The average molecular weight is 274 g/mol. The molecule has 1 atom stereocenters. The van der Waals surface area contributed by atoms with Crippen LogP contribution in [0.3, 0.4) is 0 Å². The summed E-state index contributed by atoms with van der Waals surface area (Å²) in [6, 6.07) is 11.7. The summed E-state index contributed by atoms with van der Waals surface area (Å²) >= 11 is 0. The molecule has 3 nitrogen and oxygen atoms in total. The van der Waals surface area contributed by atoms with Gasteiger partial charge in [0.15, 0.2) is 0 Å². The molecule has 20 heavy (non-hydrogen) atoms. The van der Waals surface area contributed by atoms with E-state index >= 15 is 0 Å². The van der Waals surface area contributed by atoms with Gasteiger partial charge in [0.25, 0.3) is 0 Å². The Morgan fingerprint density at radius 2 is 1.85 bits per heavy atom. The third-order valence-corrected chi connectivity index (χ3v) is 4.75. The summed E-state index contributed by atoms with van der Waals surface area (Å²) in [6.07, 6.45) is 1.26. The minimum absolute atomic E-state index is 0.665. The molecule has 2 heterocycles. The Morgan fingerprint density at radius 3 is 2.55 bits per heavy atom. The van der Waals surface area contributed by atoms with Crippen molar-refractivity contribution in [1.29, 1.82) is 0 Å². The Bertz CT molecular complexity index is 397. The number of nitrogens with zero attached hydrogens (tertiary/aromatic N) is 2. The van der Waals surface area contributed by atoms with Gasteiger partial charge in [-0.3, -0.25) is 4.90 Å². The number of ether oxygens (including phenoxy) is 1. The zero-order chi connectivity index (χ0) is 13.8. The van der Waals surface area contributed by atoms with Gasteiger partial charge in [0.1, 0.15) is 0 Å². The first kappa shape index (κ1) is 14.1. The molecule has 2 fully saturated rings. The van der Waals surface area contributed by atoms with Crippen LogP contribution in [0, 0.1) is 0 Å². The van der Waals surface area contributed by atoms with Crippen molar-refractivity contribution >= 4 is 0 Å². The van der Waals surface area contributed by atoms with E-state index in [1.54, 1.807) is 0 Å². The lowest BCUT2D eigenvalue weighted by Crippen LogP contribution is -2.61. The van der Waals surface area contributed by atoms with E-state index in [0.717, 1.165) is 32.3 Å². The van der Waals surface area contributed by atoms with Crippen LogP contribution in [0.2, 0.25) is 0 Å². The molecular formula is C17H26N2O. The van der Waals surface area contributed by atoms with E-state index in [2.05, 4.69) is 47.1 Å². The van der Waals surface area contributed by atoms with E-state index in [9.17, 15) is 0 Å². The number of morpholine rings is 1. The molecular weight excluding hydrogens is 248 g/mol. The summed E-state index contributed by atoms with van der Waals surface area (Å²) in [6.45, 7) is 10.2. The number of hydrogen-bond donors (Lipinski definition) is 0. The number of rotatable bonds is 5. The normalized spacial score (nSPS) is 23.4. The van der Waals surface area contributed by atoms with Crippen molar-refractivity contribution in [3.63, 3.8) is 0 Å². The second-order valence-corrected chi connectivity index (χ2v) is 6.16. The summed E-state index contributed by atoms with van der Waals surface area (Å²) in [7, 11) is 0. The lowest BCUT2D eigenvalue weighted by Gasteiger charge is -2.47. The molecule has 1 aromatic rings. The lowest BCUT2D eigenvalue weighted by atomic mass is 9.96. The zero-order valence-electron chi connectivity index (χ0n) is 12.5. The van der Waals surface area contributed by atoms with Gasteiger partial charge in [-0.05, 0) is 24.4 Å². The highest BCUT2D eigenvalue weighted by atomic mass is 16.5. The second kappa shape index (κ2) is 6.70. The third-order valence-electron chi connectivity index (χ3n) is 4.75. The fourth-order valence-corrected chi connectivity index (χ4v) is 3.22. The maximum atomic E-state index is 5.42. The molecule has 3 rings (SSSR count). The number of likely N-dealkylation sites (tertiary alicyclic amines) is 1. The molecule has 0 spiro atoms. The lowest BCUT2D eigenvalue weighted by molar-refractivity contribution is -0.0324. The van der Waals surface area contributed by atoms with Crippen molar-refractivity contribution in [1.82, 2.24) is 9.80 Å². The van der Waals surface area contributed by atoms with Crippen molar-refractivity contribution in [3.8, 4) is 0 Å². The summed E-state index contributed by atoms with van der Waals surface area (Å²) < 4.78 is 5.42. The van der Waals surface area contributed by atoms with Crippen LogP contribution in [0.25, 0.3) is 0 Å². The van der Waals surface area contributed by atoms with Gasteiger partial charge in [-0.2, -0.15) is 0 Å². The molecule has 0 saturated carbocycles. The Labute approximate surface area is 122 Å². The van der Waals surface area contributed by atoms with Gasteiger partial charge in [-0.25, -0.2) is 0 Å². The number of benzene rings is 1. The molecule has 110 valence electrons. The molecule has 3 heteroatoms. The first-order chi connectivity index (χ1) is 9.83. The minimum Gasteiger partial charge on any atom is -0.379 e. The SMILES string of the molecule is CC(CCN1CC(N2CCOCC2)C1)c1ccccc1. The van der Waals surface area contributed by atoms with E-state index < -0.39 is 0 Å². The van der Waals surface area contributed by atoms with Crippen LogP contribution in [0.15, 0.2) is 30.3 Å². The molecule has 2 aliphatic heterocycles. The molecule has 0 aromatic heterocycles. The van der Waals surface area contributed by atoms with Crippen LogP contribution in [0.4, 0.5) is 0 Å². The average Bonchev–Trinajstić information content (AvgIpc) is 2.47. The van der Waals surface area contributed by atoms with Crippen molar-refractivity contribution < 1.29 is 4.74 Å². The van der Waals surface area contributed by atoms with E-state index in [1.165, 1.54) is 31.6 Å². The summed E-state index contributed by atoms with van der Waals surface area (Å²) in [4.78, 5) is 5.19. The number of hydrogen-bond acceptors (Lipinski definition) is 3. The highest BCUT2D eigenvalue weighted by molar-refractivity contribution is 5.18. The molecule has 2 aliphatic rings. The summed E-state index contributed by atoms with van der Waals surface area (Å²) in [5.74, 6) is 0.665. The van der Waals surface area contributed by atoms with Gasteiger partial charge in [0.2, 0.25) is 0 Å². The molecule has 0 aliphatic carbocycles. The maximum Gasteiger partial charge on any atom is 0.0594 e. The first-order valence-corrected chi connectivity index (χ1v) is 7.92. The van der Waals surface area contributed by atoms with Crippen LogP contribution in [-0.2, 0) is 4.74 Å². The van der Waals surface area contributed by atoms with E-state index in [1.807, 2.05) is 0 Å². The molecule has 0 amide bonds. The predicted molar refractivity (Wildman–Crippen MR) is 82.1 cm³/mol. The van der Waals surface area contributed by atoms with Crippen LogP contribution in [0.5, 0.6) is 0 Å². The largest absolute Gasteiger partial charge is 0.379 e. The molecule has 1 unspecified atom stereocenters. The van der Waals surface area contributed by atoms with Gasteiger partial charge in [-0.15, -0.1) is 0 Å². The van der Waals surface area contributed by atoms with Crippen LogP contribution in [-0.4, -0.2) is 61.8 Å². The van der Waals surface area contributed by atoms with Gasteiger partial charge in [-0.1, -0.05) is 37.3 Å². The maximum absolute atomic E-state index is 5.42. The predicted octanol–water partition coefficient (Wildman–Crippen LogP) is 2.20. The van der Waals surface area contributed by atoms with Gasteiger partial charge in [0.05, 0.1) is 13.2 Å². The Morgan fingerprint density at radius 1 is 1.15 bits per heavy atom. The fraction of sp³-hybridized carbons (Fsp3) is 0.647. The van der Waals surface area contributed by atoms with Gasteiger partial charge < -0.3 is 9.64 Å². The summed E-state index contributed by atoms with van der Waals surface area (Å²) in [5.41, 5.74) is 1.47. The zero-order valence-corrected chi connectivity index (χ0v) is 12.5. The van der Waals surface area contributed by atoms with Crippen LogP contribution in [0.1, 0.15) is 24.8 Å². The van der Waals surface area contributed by atoms with Crippen molar-refractivity contribution in [3.05, 3.63) is 35.9 Å². The molecule has 1 aromatic carbocycles. The topological polar surface area (TPSA) is 15.7 Å². The van der Waals surface area contributed by atoms with Gasteiger partial charge >= 0.3 is 0 Å². The van der Waals surface area contributed by atoms with Crippen LogP contribution < -0.4 is 0 Å². The van der Waals surface area contributed by atoms with Gasteiger partial charge in [0, 0.05) is 32.2 Å². The van der Waals surface area contributed by atoms with E-state index in [-0.39, 0.29) is 0 Å². The highest BCUT2D eigenvalue weighted by Crippen LogP contribution is 2.22. The second-order valence-electron chi connectivity index (χ2n) is 6.16. The van der Waals surface area contributed by atoms with E-state index in [0.29, 0.717) is 5.92 Å². The van der Waals surface area contributed by atoms with Crippen molar-refractivity contribution in [2.45, 2.75) is 25.3 Å². The monoisotopic (exact) mass is 274 g/mol. The third kappa shape index (κ3) is 3.40. The smallest absolute Gasteiger partial charge is 0.0594 e. The minimum atomic E-state index is 0.665. The highest BCUT2D eigenvalue weighted by Gasteiger charge is 2.32.